The second-order valence-corrected chi connectivity index (χ2v) is 9.45. The lowest BCUT2D eigenvalue weighted by molar-refractivity contribution is -0.133. The summed E-state index contributed by atoms with van der Waals surface area (Å²) in [6, 6.07) is 11.6. The largest absolute Gasteiger partial charge is 0.366 e. The lowest BCUT2D eigenvalue weighted by Crippen LogP contribution is -2.52. The Morgan fingerprint density at radius 1 is 0.912 bits per heavy atom. The van der Waals surface area contributed by atoms with E-state index in [-0.39, 0.29) is 23.4 Å². The Bertz CT molecular complexity index is 1060. The van der Waals surface area contributed by atoms with Crippen LogP contribution in [0.1, 0.15) is 40.5 Å². The number of carbonyl (C=O) groups excluding carboxylic acids is 3. The molecule has 4 rings (SSSR count). The summed E-state index contributed by atoms with van der Waals surface area (Å²) in [7, 11) is 0. The van der Waals surface area contributed by atoms with Crippen molar-refractivity contribution in [3.63, 3.8) is 0 Å². The van der Waals surface area contributed by atoms with E-state index < -0.39 is 5.82 Å². The highest BCUT2D eigenvalue weighted by Crippen LogP contribution is 2.24. The zero-order valence-corrected chi connectivity index (χ0v) is 20.1. The number of benzene rings is 2. The maximum absolute atomic E-state index is 14.5. The van der Waals surface area contributed by atoms with Gasteiger partial charge in [0.05, 0.1) is 12.2 Å². The summed E-state index contributed by atoms with van der Waals surface area (Å²) in [6.45, 7) is 5.31. The third kappa shape index (κ3) is 5.65. The van der Waals surface area contributed by atoms with Crippen LogP contribution >= 0.6 is 11.6 Å². The van der Waals surface area contributed by atoms with Gasteiger partial charge in [0, 0.05) is 48.2 Å². The highest BCUT2D eigenvalue weighted by Gasteiger charge is 2.29. The molecule has 2 aliphatic rings. The van der Waals surface area contributed by atoms with Crippen LogP contribution in [-0.4, -0.2) is 73.1 Å². The van der Waals surface area contributed by atoms with Crippen LogP contribution in [0.25, 0.3) is 0 Å². The molecular formula is C26H29ClFN3O3. The minimum Gasteiger partial charge on any atom is -0.366 e. The quantitative estimate of drug-likeness (QED) is 0.580. The maximum atomic E-state index is 14.5. The van der Waals surface area contributed by atoms with E-state index in [2.05, 4.69) is 4.90 Å². The lowest BCUT2D eigenvalue weighted by Gasteiger charge is -2.38. The van der Waals surface area contributed by atoms with Gasteiger partial charge in [-0.3, -0.25) is 19.3 Å². The fourth-order valence-corrected chi connectivity index (χ4v) is 4.80. The molecule has 34 heavy (non-hydrogen) atoms. The topological polar surface area (TPSA) is 60.9 Å². The third-order valence-electron chi connectivity index (χ3n) is 6.77. The van der Waals surface area contributed by atoms with Gasteiger partial charge < -0.3 is 9.80 Å². The molecule has 2 aliphatic heterocycles. The highest BCUT2D eigenvalue weighted by atomic mass is 35.5. The molecule has 2 aromatic rings. The van der Waals surface area contributed by atoms with E-state index in [1.807, 2.05) is 9.80 Å². The molecule has 0 radical (unpaired) electrons. The van der Waals surface area contributed by atoms with E-state index in [1.165, 1.54) is 13.0 Å². The van der Waals surface area contributed by atoms with E-state index in [0.29, 0.717) is 67.7 Å². The van der Waals surface area contributed by atoms with Gasteiger partial charge >= 0.3 is 0 Å². The molecule has 0 atom stereocenters. The van der Waals surface area contributed by atoms with Gasteiger partial charge in [0.1, 0.15) is 5.82 Å². The molecule has 0 aliphatic carbocycles. The molecule has 2 saturated heterocycles. The summed E-state index contributed by atoms with van der Waals surface area (Å²) >= 11 is 5.91. The number of piperazine rings is 1. The summed E-state index contributed by atoms with van der Waals surface area (Å²) in [5, 5.41) is 0.613. The van der Waals surface area contributed by atoms with Gasteiger partial charge in [0.25, 0.3) is 0 Å². The van der Waals surface area contributed by atoms with Crippen LogP contribution < -0.4 is 4.90 Å². The van der Waals surface area contributed by atoms with Gasteiger partial charge in [-0.05, 0) is 75.3 Å². The molecule has 6 nitrogen and oxygen atoms in total. The number of hydrogen-bond acceptors (Lipinski definition) is 5. The number of carbonyl (C=O) groups is 3. The standard InChI is InChI=1S/C26H29ClFN3O3/c1-18(32)21-4-7-24(23(28)16-21)30-12-14-31(15-13-30)25(33)17-29-10-8-20(9-11-29)26(34)19-2-5-22(27)6-3-19/h2-7,16,20H,8-15,17H2,1H3. The first-order chi connectivity index (χ1) is 16.3. The normalized spacial score (nSPS) is 17.6. The van der Waals surface area contributed by atoms with Crippen LogP contribution in [0, 0.1) is 11.7 Å². The monoisotopic (exact) mass is 485 g/mol. The smallest absolute Gasteiger partial charge is 0.236 e. The Morgan fingerprint density at radius 2 is 1.53 bits per heavy atom. The Morgan fingerprint density at radius 3 is 2.12 bits per heavy atom. The molecule has 8 heteroatoms. The number of piperidine rings is 1. The average Bonchev–Trinajstić information content (AvgIpc) is 2.84. The summed E-state index contributed by atoms with van der Waals surface area (Å²) in [5.41, 5.74) is 1.50. The molecule has 180 valence electrons. The summed E-state index contributed by atoms with van der Waals surface area (Å²) in [6.07, 6.45) is 1.47. The Labute approximate surface area is 204 Å². The zero-order chi connectivity index (χ0) is 24.2. The Hall–Kier alpha value is -2.77. The number of ketones is 2. The number of anilines is 1. The third-order valence-corrected chi connectivity index (χ3v) is 7.03. The molecule has 0 saturated carbocycles. The van der Waals surface area contributed by atoms with Crippen molar-refractivity contribution in [2.75, 3.05) is 50.7 Å². The molecule has 0 spiro atoms. The van der Waals surface area contributed by atoms with Gasteiger partial charge in [-0.25, -0.2) is 4.39 Å². The molecular weight excluding hydrogens is 457 g/mol. The van der Waals surface area contributed by atoms with E-state index >= 15 is 0 Å². The summed E-state index contributed by atoms with van der Waals surface area (Å²) in [5.74, 6) is -0.403. The summed E-state index contributed by atoms with van der Waals surface area (Å²) in [4.78, 5) is 42.9. The number of amides is 1. The van der Waals surface area contributed by atoms with Crippen LogP contribution in [0.2, 0.25) is 5.02 Å². The molecule has 0 unspecified atom stereocenters. The molecule has 0 bridgehead atoms. The molecule has 2 aromatic carbocycles. The zero-order valence-electron chi connectivity index (χ0n) is 19.3. The van der Waals surface area contributed by atoms with Crippen molar-refractivity contribution in [3.8, 4) is 0 Å². The lowest BCUT2D eigenvalue weighted by atomic mass is 9.89. The average molecular weight is 486 g/mol. The van der Waals surface area contributed by atoms with Gasteiger partial charge in [-0.1, -0.05) is 11.6 Å². The molecule has 2 fully saturated rings. The van der Waals surface area contributed by atoms with Crippen molar-refractivity contribution in [1.82, 2.24) is 9.80 Å². The molecule has 1 amide bonds. The van der Waals surface area contributed by atoms with Crippen LogP contribution in [0.3, 0.4) is 0 Å². The van der Waals surface area contributed by atoms with Crippen LogP contribution in [-0.2, 0) is 4.79 Å². The Kier molecular flexibility index (Phi) is 7.63. The van der Waals surface area contributed by atoms with Crippen molar-refractivity contribution in [2.24, 2.45) is 5.92 Å². The Balaban J connectivity index is 1.24. The van der Waals surface area contributed by atoms with Gasteiger partial charge in [0.15, 0.2) is 11.6 Å². The highest BCUT2D eigenvalue weighted by molar-refractivity contribution is 6.30. The van der Waals surface area contributed by atoms with E-state index in [9.17, 15) is 18.8 Å². The maximum Gasteiger partial charge on any atom is 0.236 e. The van der Waals surface area contributed by atoms with Crippen molar-refractivity contribution in [2.45, 2.75) is 19.8 Å². The second-order valence-electron chi connectivity index (χ2n) is 9.01. The number of likely N-dealkylation sites (tertiary alicyclic amines) is 1. The molecule has 0 N–H and O–H groups in total. The number of rotatable bonds is 6. The van der Waals surface area contributed by atoms with Crippen molar-refractivity contribution in [1.29, 1.82) is 0 Å². The number of halogens is 2. The van der Waals surface area contributed by atoms with Gasteiger partial charge in [-0.15, -0.1) is 0 Å². The molecule has 0 aromatic heterocycles. The van der Waals surface area contributed by atoms with Gasteiger partial charge in [-0.2, -0.15) is 0 Å². The first-order valence-corrected chi connectivity index (χ1v) is 12.0. The van der Waals surface area contributed by atoms with Gasteiger partial charge in [0.2, 0.25) is 5.91 Å². The summed E-state index contributed by atoms with van der Waals surface area (Å²) < 4.78 is 14.5. The fourth-order valence-electron chi connectivity index (χ4n) is 4.67. The van der Waals surface area contributed by atoms with Crippen LogP contribution in [0.5, 0.6) is 0 Å². The van der Waals surface area contributed by atoms with Crippen molar-refractivity contribution >= 4 is 34.8 Å². The predicted octanol–water partition coefficient (Wildman–Crippen LogP) is 3.93. The van der Waals surface area contributed by atoms with Crippen LogP contribution in [0.15, 0.2) is 42.5 Å². The van der Waals surface area contributed by atoms with E-state index in [4.69, 9.17) is 11.6 Å². The van der Waals surface area contributed by atoms with Crippen molar-refractivity contribution in [3.05, 3.63) is 64.4 Å². The van der Waals surface area contributed by atoms with Crippen LogP contribution in [0.4, 0.5) is 10.1 Å². The SMILES string of the molecule is CC(=O)c1ccc(N2CCN(C(=O)CN3CCC(C(=O)c4ccc(Cl)cc4)CC3)CC2)c(F)c1. The van der Waals surface area contributed by atoms with Crippen molar-refractivity contribution < 1.29 is 18.8 Å². The fraction of sp³-hybridized carbons (Fsp3) is 0.423. The van der Waals surface area contributed by atoms with E-state index in [1.54, 1.807) is 36.4 Å². The predicted molar refractivity (Wildman–Crippen MR) is 130 cm³/mol. The minimum atomic E-state index is -0.413. The second kappa shape index (κ2) is 10.7. The first kappa shape index (κ1) is 24.4. The number of hydrogen-bond donors (Lipinski definition) is 0. The number of Topliss-reactive ketones (excluding diaryl/α,β-unsaturated/α-hetero) is 2. The van der Waals surface area contributed by atoms with E-state index in [0.717, 1.165) is 12.8 Å². The first-order valence-electron chi connectivity index (χ1n) is 11.7. The minimum absolute atomic E-state index is 0.0274. The number of nitrogens with zero attached hydrogens (tertiary/aromatic N) is 3. The molecule has 2 heterocycles.